The van der Waals surface area contributed by atoms with Gasteiger partial charge in [0.05, 0.1) is 10.5 Å². The average Bonchev–Trinajstić information content (AvgIpc) is 2.55. The second-order valence-corrected chi connectivity index (χ2v) is 8.26. The molecule has 25 heavy (non-hydrogen) atoms. The molecule has 2 rings (SSSR count). The van der Waals surface area contributed by atoms with Crippen LogP contribution in [0.3, 0.4) is 0 Å². The zero-order valence-electron chi connectivity index (χ0n) is 13.6. The van der Waals surface area contributed by atoms with Crippen molar-refractivity contribution in [2.24, 2.45) is 0 Å². The molecule has 2 aromatic carbocycles. The van der Waals surface area contributed by atoms with E-state index in [1.807, 2.05) is 6.92 Å². The van der Waals surface area contributed by atoms with Gasteiger partial charge in [-0.2, -0.15) is 0 Å². The first-order valence-electron chi connectivity index (χ1n) is 7.20. The maximum atomic E-state index is 12.0. The number of ether oxygens (including phenoxy) is 1. The van der Waals surface area contributed by atoms with Crippen molar-refractivity contribution in [3.05, 3.63) is 58.1 Å². The Hall–Kier alpha value is -2.19. The van der Waals surface area contributed by atoms with Crippen LogP contribution in [0.4, 0.5) is 5.69 Å². The third-order valence-electron chi connectivity index (χ3n) is 3.27. The highest BCUT2D eigenvalue weighted by molar-refractivity contribution is 9.10. The van der Waals surface area contributed by atoms with Gasteiger partial charge in [-0.25, -0.2) is 13.2 Å². The molecule has 2 aromatic rings. The van der Waals surface area contributed by atoms with Crippen molar-refractivity contribution in [2.75, 3.05) is 18.2 Å². The Morgan fingerprint density at radius 2 is 1.88 bits per heavy atom. The molecular formula is C17H16BrNO5S. The molecule has 0 bridgehead atoms. The summed E-state index contributed by atoms with van der Waals surface area (Å²) >= 11 is 3.37. The van der Waals surface area contributed by atoms with Crippen LogP contribution in [-0.2, 0) is 19.4 Å². The summed E-state index contributed by atoms with van der Waals surface area (Å²) in [5, 5.41) is 2.62. The number of hydrogen-bond donors (Lipinski definition) is 1. The lowest BCUT2D eigenvalue weighted by Crippen LogP contribution is -2.21. The van der Waals surface area contributed by atoms with E-state index in [0.717, 1.165) is 16.3 Å². The van der Waals surface area contributed by atoms with Gasteiger partial charge >= 0.3 is 5.97 Å². The number of hydrogen-bond acceptors (Lipinski definition) is 5. The Kier molecular flexibility index (Phi) is 5.97. The number of nitrogens with one attached hydrogen (secondary N) is 1. The number of rotatable bonds is 5. The summed E-state index contributed by atoms with van der Waals surface area (Å²) in [6.07, 6.45) is 1.05. The van der Waals surface area contributed by atoms with Gasteiger partial charge in [0.1, 0.15) is 0 Å². The second kappa shape index (κ2) is 7.79. The fourth-order valence-electron chi connectivity index (χ4n) is 1.99. The number of carbonyl (C=O) groups excluding carboxylic acids is 2. The highest BCUT2D eigenvalue weighted by Crippen LogP contribution is 2.20. The number of amides is 1. The molecule has 0 spiro atoms. The number of carbonyl (C=O) groups is 2. The van der Waals surface area contributed by atoms with Crippen molar-refractivity contribution in [2.45, 2.75) is 11.8 Å². The zero-order valence-corrected chi connectivity index (χ0v) is 16.0. The molecule has 0 aliphatic rings. The first-order valence-corrected chi connectivity index (χ1v) is 9.88. The Bertz CT molecular complexity index is 924. The quantitative estimate of drug-likeness (QED) is 0.743. The third kappa shape index (κ3) is 5.40. The molecule has 6 nitrogen and oxygen atoms in total. The molecule has 0 heterocycles. The maximum Gasteiger partial charge on any atom is 0.338 e. The van der Waals surface area contributed by atoms with Crippen LogP contribution in [-0.4, -0.2) is 33.2 Å². The van der Waals surface area contributed by atoms with Crippen molar-refractivity contribution in [3.63, 3.8) is 0 Å². The van der Waals surface area contributed by atoms with Gasteiger partial charge in [0, 0.05) is 16.4 Å². The van der Waals surface area contributed by atoms with Crippen molar-refractivity contribution >= 4 is 43.3 Å². The fraction of sp³-hybridized carbons (Fsp3) is 0.176. The van der Waals surface area contributed by atoms with E-state index in [9.17, 15) is 18.0 Å². The summed E-state index contributed by atoms with van der Waals surface area (Å²) in [6, 6.07) is 10.8. The van der Waals surface area contributed by atoms with E-state index in [4.69, 9.17) is 4.74 Å². The van der Waals surface area contributed by atoms with Gasteiger partial charge in [0.2, 0.25) is 0 Å². The van der Waals surface area contributed by atoms with Crippen molar-refractivity contribution in [1.82, 2.24) is 0 Å². The van der Waals surface area contributed by atoms with Crippen LogP contribution in [0.2, 0.25) is 0 Å². The maximum absolute atomic E-state index is 12.0. The van der Waals surface area contributed by atoms with E-state index in [2.05, 4.69) is 21.2 Å². The highest BCUT2D eigenvalue weighted by atomic mass is 79.9. The Labute approximate surface area is 154 Å². The minimum absolute atomic E-state index is 0.0109. The van der Waals surface area contributed by atoms with Crippen LogP contribution in [0.25, 0.3) is 0 Å². The lowest BCUT2D eigenvalue weighted by molar-refractivity contribution is -0.119. The Morgan fingerprint density at radius 1 is 1.16 bits per heavy atom. The molecule has 1 N–H and O–H groups in total. The van der Waals surface area contributed by atoms with Crippen LogP contribution in [0.15, 0.2) is 51.8 Å². The summed E-state index contributed by atoms with van der Waals surface area (Å²) in [7, 11) is -3.43. The van der Waals surface area contributed by atoms with E-state index in [1.54, 1.807) is 18.2 Å². The molecule has 0 aromatic heterocycles. The van der Waals surface area contributed by atoms with E-state index in [0.29, 0.717) is 5.69 Å². The molecule has 0 saturated carbocycles. The highest BCUT2D eigenvalue weighted by Gasteiger charge is 2.14. The monoisotopic (exact) mass is 425 g/mol. The third-order valence-corrected chi connectivity index (χ3v) is 5.27. The predicted octanol–water partition coefficient (Wildman–Crippen LogP) is 2.96. The van der Waals surface area contributed by atoms with Gasteiger partial charge in [-0.1, -0.05) is 22.0 Å². The first-order chi connectivity index (χ1) is 11.7. The topological polar surface area (TPSA) is 89.5 Å². The number of benzene rings is 2. The minimum Gasteiger partial charge on any atom is -0.452 e. The van der Waals surface area contributed by atoms with Crippen molar-refractivity contribution in [1.29, 1.82) is 0 Å². The molecule has 0 unspecified atom stereocenters. The predicted molar refractivity (Wildman–Crippen MR) is 97.3 cm³/mol. The number of sulfone groups is 1. The van der Waals surface area contributed by atoms with Gasteiger partial charge in [0.15, 0.2) is 16.4 Å². The normalized spacial score (nSPS) is 11.0. The molecule has 1 amide bonds. The Morgan fingerprint density at radius 3 is 2.52 bits per heavy atom. The standard InChI is InChI=1S/C17H16BrNO5S/c1-11-8-13(6-7-15(11)18)19-16(20)10-24-17(21)12-4-3-5-14(9-12)25(2,22)23/h3-9H,10H2,1-2H3,(H,19,20). The van der Waals surface area contributed by atoms with Crippen LogP contribution in [0.5, 0.6) is 0 Å². The molecular weight excluding hydrogens is 410 g/mol. The summed E-state index contributed by atoms with van der Waals surface area (Å²) in [6.45, 7) is 1.41. The first kappa shape index (κ1) is 19.1. The lowest BCUT2D eigenvalue weighted by atomic mass is 10.2. The van der Waals surface area contributed by atoms with Crippen molar-refractivity contribution < 1.29 is 22.7 Å². The summed E-state index contributed by atoms with van der Waals surface area (Å²) < 4.78 is 28.9. The largest absolute Gasteiger partial charge is 0.452 e. The number of esters is 1. The average molecular weight is 426 g/mol. The zero-order chi connectivity index (χ0) is 18.6. The SMILES string of the molecule is Cc1cc(NC(=O)COC(=O)c2cccc(S(C)(=O)=O)c2)ccc1Br. The fourth-order valence-corrected chi connectivity index (χ4v) is 2.90. The molecule has 0 atom stereocenters. The van der Waals surface area contributed by atoms with Crippen LogP contribution < -0.4 is 5.32 Å². The molecule has 0 aliphatic carbocycles. The summed E-state index contributed by atoms with van der Waals surface area (Å²) in [5.74, 6) is -1.26. The number of aryl methyl sites for hydroxylation is 1. The van der Waals surface area contributed by atoms with Gasteiger partial charge in [0.25, 0.3) is 5.91 Å². The molecule has 0 radical (unpaired) electrons. The van der Waals surface area contributed by atoms with Crippen LogP contribution in [0.1, 0.15) is 15.9 Å². The number of halogens is 1. The van der Waals surface area contributed by atoms with Gasteiger partial charge in [-0.05, 0) is 48.9 Å². The van der Waals surface area contributed by atoms with Crippen LogP contribution in [0, 0.1) is 6.92 Å². The lowest BCUT2D eigenvalue weighted by Gasteiger charge is -2.08. The van der Waals surface area contributed by atoms with E-state index < -0.39 is 28.3 Å². The van der Waals surface area contributed by atoms with Crippen molar-refractivity contribution in [3.8, 4) is 0 Å². The molecule has 8 heteroatoms. The summed E-state index contributed by atoms with van der Waals surface area (Å²) in [5.41, 5.74) is 1.60. The molecule has 0 fully saturated rings. The van der Waals surface area contributed by atoms with Gasteiger partial charge in [-0.15, -0.1) is 0 Å². The molecule has 0 saturated heterocycles. The molecule has 132 valence electrons. The molecule has 0 aliphatic heterocycles. The summed E-state index contributed by atoms with van der Waals surface area (Å²) in [4.78, 5) is 23.9. The van der Waals surface area contributed by atoms with Gasteiger partial charge < -0.3 is 10.1 Å². The number of anilines is 1. The van der Waals surface area contributed by atoms with Crippen LogP contribution >= 0.6 is 15.9 Å². The van der Waals surface area contributed by atoms with Gasteiger partial charge in [-0.3, -0.25) is 4.79 Å². The smallest absolute Gasteiger partial charge is 0.338 e. The van der Waals surface area contributed by atoms with E-state index in [-0.39, 0.29) is 10.5 Å². The van der Waals surface area contributed by atoms with E-state index in [1.165, 1.54) is 24.3 Å². The Balaban J connectivity index is 1.97. The van der Waals surface area contributed by atoms with E-state index >= 15 is 0 Å². The second-order valence-electron chi connectivity index (χ2n) is 5.39. The minimum atomic E-state index is -3.43.